The summed E-state index contributed by atoms with van der Waals surface area (Å²) in [5.41, 5.74) is -0.368. The van der Waals surface area contributed by atoms with Crippen molar-refractivity contribution in [3.63, 3.8) is 0 Å². The molecule has 4 rings (SSSR count). The molecular weight excluding hydrogens is 459 g/mol. The van der Waals surface area contributed by atoms with Crippen molar-refractivity contribution in [2.45, 2.75) is 30.5 Å². The first-order valence-electron chi connectivity index (χ1n) is 10.3. The van der Waals surface area contributed by atoms with Gasteiger partial charge in [-0.15, -0.1) is 0 Å². The molecule has 2 fully saturated rings. The minimum absolute atomic E-state index is 0.00783. The van der Waals surface area contributed by atoms with E-state index in [1.165, 1.54) is 19.2 Å². The molecule has 2 aliphatic rings. The van der Waals surface area contributed by atoms with Gasteiger partial charge in [-0.3, -0.25) is 5.32 Å². The maximum absolute atomic E-state index is 12.9. The number of methoxy groups -OCH3 is 1. The molecule has 0 saturated carbocycles. The predicted octanol–water partition coefficient (Wildman–Crippen LogP) is 3.62. The number of urea groups is 1. The fraction of sp³-hybridized carbons (Fsp3) is 0.364. The van der Waals surface area contributed by atoms with E-state index in [9.17, 15) is 22.8 Å². The second-order valence-electron chi connectivity index (χ2n) is 7.68. The van der Waals surface area contributed by atoms with Crippen LogP contribution < -0.4 is 20.7 Å². The van der Waals surface area contributed by atoms with Crippen molar-refractivity contribution in [3.05, 3.63) is 54.1 Å². The Morgan fingerprint density at radius 3 is 2.41 bits per heavy atom. The summed E-state index contributed by atoms with van der Waals surface area (Å²) in [5, 5.41) is 7.61. The van der Waals surface area contributed by atoms with Gasteiger partial charge in [0.25, 0.3) is 0 Å². The van der Waals surface area contributed by atoms with Gasteiger partial charge in [-0.1, -0.05) is 6.07 Å². The van der Waals surface area contributed by atoms with E-state index in [4.69, 9.17) is 18.9 Å². The number of carbonyl (C=O) groups is 2. The van der Waals surface area contributed by atoms with Crippen molar-refractivity contribution in [1.82, 2.24) is 5.32 Å². The van der Waals surface area contributed by atoms with Crippen molar-refractivity contribution in [2.24, 2.45) is 0 Å². The van der Waals surface area contributed by atoms with E-state index in [1.807, 2.05) is 0 Å². The maximum Gasteiger partial charge on any atom is 0.416 e. The van der Waals surface area contributed by atoms with Crippen molar-refractivity contribution < 1.29 is 41.7 Å². The highest BCUT2D eigenvalue weighted by atomic mass is 19.4. The summed E-state index contributed by atoms with van der Waals surface area (Å²) >= 11 is 0. The second kappa shape index (κ2) is 9.77. The molecule has 4 unspecified atom stereocenters. The van der Waals surface area contributed by atoms with E-state index >= 15 is 0 Å². The first-order valence-corrected chi connectivity index (χ1v) is 10.3. The lowest BCUT2D eigenvalue weighted by atomic mass is 10.1. The van der Waals surface area contributed by atoms with Gasteiger partial charge in [0.05, 0.1) is 31.9 Å². The quantitative estimate of drug-likeness (QED) is 0.602. The molecule has 2 aromatic rings. The van der Waals surface area contributed by atoms with Gasteiger partial charge in [0.2, 0.25) is 0 Å². The van der Waals surface area contributed by atoms with Crippen LogP contribution in [0.1, 0.15) is 5.56 Å². The van der Waals surface area contributed by atoms with Gasteiger partial charge in [0.1, 0.15) is 18.0 Å². The number of hydrogen-bond donors (Lipinski definition) is 3. The van der Waals surface area contributed by atoms with Crippen molar-refractivity contribution in [2.75, 3.05) is 31.0 Å². The van der Waals surface area contributed by atoms with Crippen LogP contribution in [0.3, 0.4) is 0 Å². The molecule has 2 saturated heterocycles. The lowest BCUT2D eigenvalue weighted by molar-refractivity contribution is -0.137. The molecular formula is C22H22F3N3O6. The zero-order valence-electron chi connectivity index (χ0n) is 17.9. The molecule has 3 N–H and O–H groups in total. The Bertz CT molecular complexity index is 1030. The van der Waals surface area contributed by atoms with Gasteiger partial charge >= 0.3 is 18.3 Å². The van der Waals surface area contributed by atoms with E-state index in [0.29, 0.717) is 11.4 Å². The third-order valence-electron chi connectivity index (χ3n) is 5.37. The number of fused-ring (bicyclic) bond motifs is 1. The van der Waals surface area contributed by atoms with E-state index in [-0.39, 0.29) is 18.9 Å². The van der Waals surface area contributed by atoms with E-state index in [1.54, 1.807) is 24.3 Å². The number of rotatable bonds is 5. The van der Waals surface area contributed by atoms with Crippen LogP contribution in [0, 0.1) is 0 Å². The molecule has 0 aromatic heterocycles. The summed E-state index contributed by atoms with van der Waals surface area (Å²) in [6, 6.07) is 9.70. The van der Waals surface area contributed by atoms with Crippen LogP contribution in [-0.4, -0.2) is 56.8 Å². The van der Waals surface area contributed by atoms with E-state index in [2.05, 4.69) is 16.0 Å². The summed E-state index contributed by atoms with van der Waals surface area (Å²) < 4.78 is 60.4. The number of alkyl halides is 3. The van der Waals surface area contributed by atoms with Gasteiger partial charge in [-0.2, -0.15) is 13.2 Å². The average Bonchev–Trinajstić information content (AvgIpc) is 3.37. The first-order chi connectivity index (χ1) is 16.2. The van der Waals surface area contributed by atoms with Gasteiger partial charge in [-0.05, 0) is 42.5 Å². The van der Waals surface area contributed by atoms with E-state index in [0.717, 1.165) is 12.1 Å². The summed E-state index contributed by atoms with van der Waals surface area (Å²) in [5.74, 6) is 0.640. The zero-order valence-corrected chi connectivity index (χ0v) is 17.9. The Balaban J connectivity index is 1.28. The highest BCUT2D eigenvalue weighted by Crippen LogP contribution is 2.31. The molecule has 3 amide bonds. The smallest absolute Gasteiger partial charge is 0.416 e. The zero-order chi connectivity index (χ0) is 24.3. The lowest BCUT2D eigenvalue weighted by Gasteiger charge is -2.18. The molecule has 0 aliphatic carbocycles. The van der Waals surface area contributed by atoms with Gasteiger partial charge in [0.15, 0.2) is 6.10 Å². The Hall–Kier alpha value is -3.51. The third kappa shape index (κ3) is 5.51. The molecule has 0 radical (unpaired) electrons. The fourth-order valence-corrected chi connectivity index (χ4v) is 3.76. The molecule has 0 spiro atoms. The molecule has 2 heterocycles. The van der Waals surface area contributed by atoms with Crippen LogP contribution in [0.4, 0.5) is 34.1 Å². The Morgan fingerprint density at radius 2 is 1.71 bits per heavy atom. The minimum atomic E-state index is -4.52. The monoisotopic (exact) mass is 481 g/mol. The van der Waals surface area contributed by atoms with Crippen LogP contribution in [0.15, 0.2) is 48.5 Å². The minimum Gasteiger partial charge on any atom is -0.497 e. The molecule has 0 bridgehead atoms. The number of benzene rings is 2. The van der Waals surface area contributed by atoms with Crippen LogP contribution in [-0.2, 0) is 20.4 Å². The van der Waals surface area contributed by atoms with Crippen molar-refractivity contribution >= 4 is 23.5 Å². The highest BCUT2D eigenvalue weighted by molar-refractivity contribution is 5.89. The Kier molecular flexibility index (Phi) is 6.80. The van der Waals surface area contributed by atoms with Crippen molar-refractivity contribution in [3.8, 4) is 5.75 Å². The van der Waals surface area contributed by atoms with E-state index < -0.39 is 48.2 Å². The molecule has 2 aromatic carbocycles. The second-order valence-corrected chi connectivity index (χ2v) is 7.68. The normalized spacial score (nSPS) is 23.6. The average molecular weight is 481 g/mol. The first kappa shape index (κ1) is 23.6. The molecule has 4 atom stereocenters. The highest BCUT2D eigenvalue weighted by Gasteiger charge is 2.50. The predicted molar refractivity (Wildman–Crippen MR) is 114 cm³/mol. The van der Waals surface area contributed by atoms with Gasteiger partial charge < -0.3 is 29.6 Å². The topological polar surface area (TPSA) is 107 Å². The summed E-state index contributed by atoms with van der Waals surface area (Å²) in [6.07, 6.45) is -7.08. The number of carbonyl (C=O) groups excluding carboxylic acids is 2. The molecule has 182 valence electrons. The Morgan fingerprint density at radius 1 is 0.971 bits per heavy atom. The number of anilines is 2. The number of halogens is 3. The number of nitrogens with one attached hydrogen (secondary N) is 3. The number of amides is 3. The number of ether oxygens (including phenoxy) is 4. The van der Waals surface area contributed by atoms with Crippen LogP contribution in [0.25, 0.3) is 0 Å². The molecule has 2 aliphatic heterocycles. The van der Waals surface area contributed by atoms with Crippen molar-refractivity contribution in [1.29, 1.82) is 0 Å². The summed E-state index contributed by atoms with van der Waals surface area (Å²) in [4.78, 5) is 24.5. The Labute approximate surface area is 192 Å². The summed E-state index contributed by atoms with van der Waals surface area (Å²) in [7, 11) is 1.53. The van der Waals surface area contributed by atoms with Gasteiger partial charge in [-0.25, -0.2) is 9.59 Å². The SMILES string of the molecule is COc1ccc(NC(=O)OC2COC3C(NC(=O)Nc4cccc(C(F)(F)F)c4)COC23)cc1. The fourth-order valence-electron chi connectivity index (χ4n) is 3.76. The van der Waals surface area contributed by atoms with Crippen LogP contribution in [0.5, 0.6) is 5.75 Å². The molecule has 9 nitrogen and oxygen atoms in total. The number of hydrogen-bond acceptors (Lipinski definition) is 6. The van der Waals surface area contributed by atoms with Crippen LogP contribution in [0.2, 0.25) is 0 Å². The summed E-state index contributed by atoms with van der Waals surface area (Å²) in [6.45, 7) is 0.157. The molecule has 34 heavy (non-hydrogen) atoms. The van der Waals surface area contributed by atoms with Gasteiger partial charge in [0, 0.05) is 11.4 Å². The van der Waals surface area contributed by atoms with Crippen LogP contribution >= 0.6 is 0 Å². The maximum atomic E-state index is 12.9. The molecule has 12 heteroatoms. The largest absolute Gasteiger partial charge is 0.497 e. The third-order valence-corrected chi connectivity index (χ3v) is 5.37. The standard InChI is InChI=1S/C22H22F3N3O6/c1-31-15-7-5-13(6-8-15)27-21(30)34-17-11-33-18-16(10-32-19(17)18)28-20(29)26-14-4-2-3-12(9-14)22(23,24)25/h2-9,16-19H,10-11H2,1H3,(H,27,30)(H2,26,28,29). The lowest BCUT2D eigenvalue weighted by Crippen LogP contribution is -2.46.